The van der Waals surface area contributed by atoms with Gasteiger partial charge in [0, 0.05) is 6.42 Å². The van der Waals surface area contributed by atoms with Gasteiger partial charge < -0.3 is 9.47 Å². The molecule has 0 aliphatic carbocycles. The smallest absolute Gasteiger partial charge is 0.338 e. The van der Waals surface area contributed by atoms with Gasteiger partial charge in [0.05, 0.1) is 17.7 Å². The van der Waals surface area contributed by atoms with E-state index in [4.69, 9.17) is 9.47 Å². The second kappa shape index (κ2) is 10.4. The van der Waals surface area contributed by atoms with Crippen molar-refractivity contribution in [1.29, 1.82) is 0 Å². The van der Waals surface area contributed by atoms with Crippen molar-refractivity contribution in [2.75, 3.05) is 6.61 Å². The minimum Gasteiger partial charge on any atom is -0.462 e. The highest BCUT2D eigenvalue weighted by Gasteiger charge is 2.17. The largest absolute Gasteiger partial charge is 0.462 e. The van der Waals surface area contributed by atoms with E-state index >= 15 is 0 Å². The molecule has 4 nitrogen and oxygen atoms in total. The summed E-state index contributed by atoms with van der Waals surface area (Å²) in [6.45, 7) is 4.48. The minimum atomic E-state index is -0.359. The average molecular weight is 354 g/mol. The van der Waals surface area contributed by atoms with Crippen LogP contribution in [0, 0.1) is 5.92 Å². The molecule has 0 N–H and O–H groups in total. The van der Waals surface area contributed by atoms with Crippen molar-refractivity contribution in [3.8, 4) is 0 Å². The molecule has 0 radical (unpaired) electrons. The first-order chi connectivity index (χ1) is 12.6. The normalized spacial score (nSPS) is 11.8. The van der Waals surface area contributed by atoms with Crippen molar-refractivity contribution in [2.45, 2.75) is 39.2 Å². The third-order valence-corrected chi connectivity index (χ3v) is 4.03. The molecule has 0 saturated carbocycles. The lowest BCUT2D eigenvalue weighted by molar-refractivity contribution is 0.0153. The van der Waals surface area contributed by atoms with Gasteiger partial charge in [-0.2, -0.15) is 0 Å². The van der Waals surface area contributed by atoms with E-state index < -0.39 is 0 Å². The number of benzene rings is 2. The van der Waals surface area contributed by atoms with E-state index in [1.165, 1.54) is 0 Å². The Morgan fingerprint density at radius 1 is 0.769 bits per heavy atom. The maximum absolute atomic E-state index is 12.3. The fourth-order valence-corrected chi connectivity index (χ4v) is 2.52. The van der Waals surface area contributed by atoms with Crippen LogP contribution in [0.1, 0.15) is 53.8 Å². The lowest BCUT2D eigenvalue weighted by atomic mass is 10.0. The van der Waals surface area contributed by atoms with Gasteiger partial charge >= 0.3 is 11.9 Å². The van der Waals surface area contributed by atoms with Crippen LogP contribution in [0.15, 0.2) is 60.7 Å². The molecule has 0 aliphatic heterocycles. The SMILES string of the molecule is CC(C)CCC(CCOC(=O)c1ccccc1)OC(=O)c1ccccc1. The van der Waals surface area contributed by atoms with Crippen LogP contribution in [0.5, 0.6) is 0 Å². The Balaban J connectivity index is 1.87. The molecule has 4 heteroatoms. The number of hydrogen-bond acceptors (Lipinski definition) is 4. The molecule has 0 heterocycles. The molecule has 1 unspecified atom stereocenters. The van der Waals surface area contributed by atoms with E-state index in [0.717, 1.165) is 12.8 Å². The Labute approximate surface area is 155 Å². The second-order valence-electron chi connectivity index (χ2n) is 6.66. The summed E-state index contributed by atoms with van der Waals surface area (Å²) in [7, 11) is 0. The van der Waals surface area contributed by atoms with Gasteiger partial charge in [0.25, 0.3) is 0 Å². The van der Waals surface area contributed by atoms with Crippen LogP contribution >= 0.6 is 0 Å². The number of carbonyl (C=O) groups is 2. The van der Waals surface area contributed by atoms with Crippen LogP contribution in [0.2, 0.25) is 0 Å². The van der Waals surface area contributed by atoms with Crippen LogP contribution < -0.4 is 0 Å². The molecule has 0 fully saturated rings. The molecule has 0 saturated heterocycles. The Bertz CT molecular complexity index is 680. The quantitative estimate of drug-likeness (QED) is 0.601. The van der Waals surface area contributed by atoms with Crippen molar-refractivity contribution >= 4 is 11.9 Å². The fourth-order valence-electron chi connectivity index (χ4n) is 2.52. The molecule has 0 aromatic heterocycles. The van der Waals surface area contributed by atoms with Crippen molar-refractivity contribution in [1.82, 2.24) is 0 Å². The zero-order valence-corrected chi connectivity index (χ0v) is 15.4. The van der Waals surface area contributed by atoms with E-state index in [1.54, 1.807) is 48.5 Å². The summed E-state index contributed by atoms with van der Waals surface area (Å²) in [4.78, 5) is 24.3. The fraction of sp³-hybridized carbons (Fsp3) is 0.364. The molecule has 0 amide bonds. The lowest BCUT2D eigenvalue weighted by Gasteiger charge is -2.19. The zero-order chi connectivity index (χ0) is 18.8. The van der Waals surface area contributed by atoms with Crippen molar-refractivity contribution < 1.29 is 19.1 Å². The van der Waals surface area contributed by atoms with E-state index in [0.29, 0.717) is 23.5 Å². The molecule has 26 heavy (non-hydrogen) atoms. The first-order valence-electron chi connectivity index (χ1n) is 9.04. The van der Waals surface area contributed by atoms with Gasteiger partial charge in [-0.3, -0.25) is 0 Å². The van der Waals surface area contributed by atoms with Crippen LogP contribution in [-0.2, 0) is 9.47 Å². The third kappa shape index (κ3) is 6.71. The van der Waals surface area contributed by atoms with Crippen molar-refractivity contribution in [3.63, 3.8) is 0 Å². The number of rotatable bonds is 9. The average Bonchev–Trinajstić information content (AvgIpc) is 2.67. The summed E-state index contributed by atoms with van der Waals surface area (Å²) in [5.74, 6) is -0.184. The van der Waals surface area contributed by atoms with E-state index in [1.807, 2.05) is 12.1 Å². The van der Waals surface area contributed by atoms with Gasteiger partial charge in [0.2, 0.25) is 0 Å². The van der Waals surface area contributed by atoms with Gasteiger partial charge in [-0.25, -0.2) is 9.59 Å². The predicted octanol–water partition coefficient (Wildman–Crippen LogP) is 4.90. The maximum atomic E-state index is 12.3. The van der Waals surface area contributed by atoms with Gasteiger partial charge in [0.15, 0.2) is 0 Å². The summed E-state index contributed by atoms with van der Waals surface area (Å²) >= 11 is 0. The molecule has 2 aromatic carbocycles. The molecule has 138 valence electrons. The first kappa shape index (κ1) is 19.7. The van der Waals surface area contributed by atoms with Crippen molar-refractivity contribution in [3.05, 3.63) is 71.8 Å². The van der Waals surface area contributed by atoms with Crippen LogP contribution in [0.25, 0.3) is 0 Å². The molecule has 0 bridgehead atoms. The molecule has 2 rings (SSSR count). The Morgan fingerprint density at radius 3 is 1.85 bits per heavy atom. The maximum Gasteiger partial charge on any atom is 0.338 e. The Kier molecular flexibility index (Phi) is 7.87. The number of carbonyl (C=O) groups excluding carboxylic acids is 2. The summed E-state index contributed by atoms with van der Waals surface area (Å²) < 4.78 is 11.0. The second-order valence-corrected chi connectivity index (χ2v) is 6.66. The highest BCUT2D eigenvalue weighted by Crippen LogP contribution is 2.15. The Hall–Kier alpha value is -2.62. The van der Waals surface area contributed by atoms with Gasteiger partial charge in [-0.1, -0.05) is 50.2 Å². The van der Waals surface area contributed by atoms with Crippen LogP contribution in [-0.4, -0.2) is 24.6 Å². The summed E-state index contributed by atoms with van der Waals surface area (Å²) in [5.41, 5.74) is 1.05. The molecule has 0 spiro atoms. The molecular formula is C22H26O4. The lowest BCUT2D eigenvalue weighted by Crippen LogP contribution is -2.22. The standard InChI is InChI=1S/C22H26O4/c1-17(2)13-14-20(26-22(24)19-11-7-4-8-12-19)15-16-25-21(23)18-9-5-3-6-10-18/h3-12,17,20H,13-16H2,1-2H3. The van der Waals surface area contributed by atoms with Gasteiger partial charge in [-0.05, 0) is 43.0 Å². The summed E-state index contributed by atoms with van der Waals surface area (Å²) in [6, 6.07) is 17.8. The van der Waals surface area contributed by atoms with E-state index in [-0.39, 0.29) is 24.6 Å². The molecule has 2 aromatic rings. The molecular weight excluding hydrogens is 328 g/mol. The number of ether oxygens (including phenoxy) is 2. The molecule has 0 aliphatic rings. The van der Waals surface area contributed by atoms with E-state index in [9.17, 15) is 9.59 Å². The van der Waals surface area contributed by atoms with Crippen molar-refractivity contribution in [2.24, 2.45) is 5.92 Å². The molecule has 1 atom stereocenters. The summed E-state index contributed by atoms with van der Waals surface area (Å²) in [6.07, 6.45) is 1.91. The number of esters is 2. The van der Waals surface area contributed by atoms with E-state index in [2.05, 4.69) is 13.8 Å². The van der Waals surface area contributed by atoms with Gasteiger partial charge in [0.1, 0.15) is 6.10 Å². The van der Waals surface area contributed by atoms with Gasteiger partial charge in [-0.15, -0.1) is 0 Å². The summed E-state index contributed by atoms with van der Waals surface area (Å²) in [5, 5.41) is 0. The Morgan fingerprint density at radius 2 is 1.31 bits per heavy atom. The highest BCUT2D eigenvalue weighted by atomic mass is 16.6. The number of hydrogen-bond donors (Lipinski definition) is 0. The zero-order valence-electron chi connectivity index (χ0n) is 15.4. The highest BCUT2D eigenvalue weighted by molar-refractivity contribution is 5.89. The van der Waals surface area contributed by atoms with Crippen LogP contribution in [0.4, 0.5) is 0 Å². The topological polar surface area (TPSA) is 52.6 Å². The monoisotopic (exact) mass is 354 g/mol. The third-order valence-electron chi connectivity index (χ3n) is 4.03. The first-order valence-corrected chi connectivity index (χ1v) is 9.04. The van der Waals surface area contributed by atoms with Crippen LogP contribution in [0.3, 0.4) is 0 Å². The predicted molar refractivity (Wildman–Crippen MR) is 101 cm³/mol. The minimum absolute atomic E-state index is 0.221.